The van der Waals surface area contributed by atoms with Gasteiger partial charge in [-0.15, -0.1) is 0 Å². The van der Waals surface area contributed by atoms with Gasteiger partial charge in [0.15, 0.2) is 0 Å². The molecule has 0 radical (unpaired) electrons. The highest BCUT2D eigenvalue weighted by atomic mass is 19.1. The van der Waals surface area contributed by atoms with Crippen LogP contribution in [0, 0.1) is 5.82 Å². The third-order valence-electron chi connectivity index (χ3n) is 4.27. The fourth-order valence-electron chi connectivity index (χ4n) is 2.88. The summed E-state index contributed by atoms with van der Waals surface area (Å²) in [5.41, 5.74) is 2.66. The Morgan fingerprint density at radius 1 is 1.21 bits per heavy atom. The Balaban J connectivity index is 2.45. The van der Waals surface area contributed by atoms with Gasteiger partial charge in [-0.05, 0) is 30.2 Å². The molecular formula is C21H26FN3O4. The number of aromatic nitrogens is 2. The number of nitrogens with one attached hydrogen (secondary N) is 1. The lowest BCUT2D eigenvalue weighted by atomic mass is 9.97. The second-order valence-corrected chi connectivity index (χ2v) is 7.02. The summed E-state index contributed by atoms with van der Waals surface area (Å²) < 4.78 is 13.4. The summed E-state index contributed by atoms with van der Waals surface area (Å²) in [6.07, 6.45) is 0.378. The van der Waals surface area contributed by atoms with Gasteiger partial charge in [0.2, 0.25) is 5.95 Å². The minimum absolute atomic E-state index is 0.0405. The average Bonchev–Trinajstić information content (AvgIpc) is 2.65. The number of hydrogen-bond acceptors (Lipinski definition) is 6. The fraction of sp³-hybridized carbons (Fsp3) is 0.381. The number of benzene rings is 1. The molecule has 1 heterocycles. The molecule has 7 nitrogen and oxygen atoms in total. The smallest absolute Gasteiger partial charge is 0.305 e. The number of carboxylic acid groups (broad SMARTS) is 1. The molecule has 1 aromatic heterocycles. The number of anilines is 1. The Labute approximate surface area is 169 Å². The monoisotopic (exact) mass is 403 g/mol. The molecule has 0 aliphatic rings. The molecule has 0 bridgehead atoms. The first-order valence-electron chi connectivity index (χ1n) is 9.33. The highest BCUT2D eigenvalue weighted by molar-refractivity contribution is 5.74. The van der Waals surface area contributed by atoms with Crippen LogP contribution in [0.1, 0.15) is 43.9 Å². The molecule has 29 heavy (non-hydrogen) atoms. The summed E-state index contributed by atoms with van der Waals surface area (Å²) >= 11 is 0. The Morgan fingerprint density at radius 2 is 1.86 bits per heavy atom. The van der Waals surface area contributed by atoms with Crippen molar-refractivity contribution in [3.8, 4) is 11.3 Å². The van der Waals surface area contributed by atoms with Gasteiger partial charge >= 0.3 is 5.97 Å². The van der Waals surface area contributed by atoms with Crippen LogP contribution in [-0.4, -0.2) is 50.5 Å². The maximum atomic E-state index is 13.4. The van der Waals surface area contributed by atoms with E-state index >= 15 is 0 Å². The molecule has 0 amide bonds. The molecule has 1 aromatic carbocycles. The van der Waals surface area contributed by atoms with E-state index < -0.39 is 24.6 Å². The second kappa shape index (κ2) is 10.1. The van der Waals surface area contributed by atoms with Gasteiger partial charge in [-0.1, -0.05) is 26.0 Å². The number of aliphatic carboxylic acids is 1. The molecule has 4 N–H and O–H groups in total. The lowest BCUT2D eigenvalue weighted by molar-refractivity contribution is -0.139. The number of carbonyl (C=O) groups is 1. The highest BCUT2D eigenvalue weighted by Crippen LogP contribution is 2.30. The minimum Gasteiger partial charge on any atom is -0.481 e. The number of nitrogens with zero attached hydrogens (tertiary/aromatic N) is 2. The zero-order chi connectivity index (χ0) is 21.6. The normalized spacial score (nSPS) is 13.6. The lowest BCUT2D eigenvalue weighted by Gasteiger charge is -2.16. The molecule has 2 rings (SSSR count). The van der Waals surface area contributed by atoms with Crippen molar-refractivity contribution in [2.24, 2.45) is 0 Å². The summed E-state index contributed by atoms with van der Waals surface area (Å²) in [5.74, 6) is -1.03. The Hall–Kier alpha value is -2.84. The molecule has 0 saturated heterocycles. The van der Waals surface area contributed by atoms with Crippen LogP contribution >= 0.6 is 0 Å². The number of carboxylic acids is 1. The largest absolute Gasteiger partial charge is 0.481 e. The first-order valence-corrected chi connectivity index (χ1v) is 9.33. The predicted octanol–water partition coefficient (Wildman–Crippen LogP) is 3.05. The van der Waals surface area contributed by atoms with E-state index in [1.54, 1.807) is 25.3 Å². The molecule has 2 aromatic rings. The van der Waals surface area contributed by atoms with Crippen LogP contribution in [0.25, 0.3) is 17.3 Å². The van der Waals surface area contributed by atoms with Crippen LogP contribution in [0.5, 0.6) is 0 Å². The van der Waals surface area contributed by atoms with Gasteiger partial charge in [0.25, 0.3) is 0 Å². The molecule has 8 heteroatoms. The Kier molecular flexibility index (Phi) is 7.81. The maximum Gasteiger partial charge on any atom is 0.305 e. The summed E-state index contributed by atoms with van der Waals surface area (Å²) in [6, 6.07) is 5.92. The maximum absolute atomic E-state index is 13.4. The van der Waals surface area contributed by atoms with Crippen molar-refractivity contribution in [3.63, 3.8) is 0 Å². The lowest BCUT2D eigenvalue weighted by Crippen LogP contribution is -2.19. The van der Waals surface area contributed by atoms with E-state index in [0.717, 1.165) is 5.69 Å². The van der Waals surface area contributed by atoms with Crippen molar-refractivity contribution in [2.75, 3.05) is 12.4 Å². The van der Waals surface area contributed by atoms with Crippen LogP contribution in [0.4, 0.5) is 10.3 Å². The number of hydrogen-bond donors (Lipinski definition) is 4. The zero-order valence-electron chi connectivity index (χ0n) is 16.6. The first-order chi connectivity index (χ1) is 13.7. The molecule has 0 aliphatic carbocycles. The van der Waals surface area contributed by atoms with Crippen molar-refractivity contribution in [3.05, 3.63) is 47.4 Å². The van der Waals surface area contributed by atoms with E-state index in [-0.39, 0.29) is 18.2 Å². The predicted molar refractivity (Wildman–Crippen MR) is 109 cm³/mol. The van der Waals surface area contributed by atoms with Gasteiger partial charge < -0.3 is 20.6 Å². The zero-order valence-corrected chi connectivity index (χ0v) is 16.6. The van der Waals surface area contributed by atoms with Gasteiger partial charge in [0.05, 0.1) is 30.0 Å². The first kappa shape index (κ1) is 22.4. The van der Waals surface area contributed by atoms with E-state index in [2.05, 4.69) is 15.3 Å². The molecule has 2 atom stereocenters. The van der Waals surface area contributed by atoms with Crippen molar-refractivity contribution >= 4 is 18.0 Å². The standard InChI is InChI=1S/C21H26FN3O4/c1-12(2)19-17(9-8-15(26)10-16(27)11-18(28)29)20(25-21(23-3)24-19)13-4-6-14(22)7-5-13/h4-9,12,15-16,26-27H,10-11H2,1-3H3,(H,28,29)(H,23,24,25)/b9-8+. The summed E-state index contributed by atoms with van der Waals surface area (Å²) in [7, 11) is 1.71. The van der Waals surface area contributed by atoms with Crippen LogP contribution in [0.3, 0.4) is 0 Å². The van der Waals surface area contributed by atoms with Crippen LogP contribution < -0.4 is 5.32 Å². The van der Waals surface area contributed by atoms with E-state index in [0.29, 0.717) is 22.8 Å². The summed E-state index contributed by atoms with van der Waals surface area (Å²) in [4.78, 5) is 19.7. The topological polar surface area (TPSA) is 116 Å². The van der Waals surface area contributed by atoms with Crippen molar-refractivity contribution in [1.29, 1.82) is 0 Å². The quantitative estimate of drug-likeness (QED) is 0.509. The molecule has 0 fully saturated rings. The number of aliphatic hydroxyl groups is 2. The van der Waals surface area contributed by atoms with Crippen LogP contribution in [-0.2, 0) is 4.79 Å². The SMILES string of the molecule is CNc1nc(-c2ccc(F)cc2)c(/C=C/C(O)CC(O)CC(=O)O)c(C(C)C)n1. The Morgan fingerprint density at radius 3 is 2.41 bits per heavy atom. The average molecular weight is 403 g/mol. The van der Waals surface area contributed by atoms with Crippen molar-refractivity contribution in [1.82, 2.24) is 9.97 Å². The Bertz CT molecular complexity index is 869. The summed E-state index contributed by atoms with van der Waals surface area (Å²) in [5, 5.41) is 31.5. The van der Waals surface area contributed by atoms with Gasteiger partial charge in [-0.3, -0.25) is 4.79 Å². The second-order valence-electron chi connectivity index (χ2n) is 7.02. The van der Waals surface area contributed by atoms with Gasteiger partial charge in [-0.2, -0.15) is 0 Å². The molecular weight excluding hydrogens is 377 g/mol. The van der Waals surface area contributed by atoms with Crippen molar-refractivity contribution in [2.45, 2.75) is 44.8 Å². The fourth-order valence-corrected chi connectivity index (χ4v) is 2.88. The van der Waals surface area contributed by atoms with E-state index in [1.165, 1.54) is 18.2 Å². The third kappa shape index (κ3) is 6.33. The third-order valence-corrected chi connectivity index (χ3v) is 4.27. The number of rotatable bonds is 9. The van der Waals surface area contributed by atoms with Crippen LogP contribution in [0.2, 0.25) is 0 Å². The molecule has 0 spiro atoms. The molecule has 2 unspecified atom stereocenters. The molecule has 156 valence electrons. The van der Waals surface area contributed by atoms with E-state index in [9.17, 15) is 19.4 Å². The highest BCUT2D eigenvalue weighted by Gasteiger charge is 2.18. The van der Waals surface area contributed by atoms with E-state index in [4.69, 9.17) is 5.11 Å². The molecule has 0 aliphatic heterocycles. The van der Waals surface area contributed by atoms with Crippen molar-refractivity contribution < 1.29 is 24.5 Å². The van der Waals surface area contributed by atoms with E-state index in [1.807, 2.05) is 13.8 Å². The number of halogens is 1. The van der Waals surface area contributed by atoms with Gasteiger partial charge in [0.1, 0.15) is 5.82 Å². The number of aliphatic hydroxyl groups excluding tert-OH is 2. The van der Waals surface area contributed by atoms with Crippen LogP contribution in [0.15, 0.2) is 30.3 Å². The van der Waals surface area contributed by atoms with Gasteiger partial charge in [-0.25, -0.2) is 14.4 Å². The summed E-state index contributed by atoms with van der Waals surface area (Å²) in [6.45, 7) is 3.95. The molecule has 0 saturated carbocycles. The minimum atomic E-state index is -1.16. The van der Waals surface area contributed by atoms with Gasteiger partial charge in [0, 0.05) is 24.6 Å².